The smallest absolute Gasteiger partial charge is 0.320 e. The number of ether oxygens (including phenoxy) is 1. The maximum absolute atomic E-state index is 11.1. The molecule has 0 aliphatic rings. The number of hydrogen-bond donors (Lipinski definition) is 0. The van der Waals surface area contributed by atoms with Crippen LogP contribution in [0.3, 0.4) is 0 Å². The number of methoxy groups -OCH3 is 1. The molecule has 0 aliphatic heterocycles. The van der Waals surface area contributed by atoms with E-state index in [1.807, 2.05) is 0 Å². The topological polar surface area (TPSA) is 26.3 Å². The molecule has 0 N–H and O–H groups in total. The van der Waals surface area contributed by atoms with Crippen molar-refractivity contribution >= 4 is 61.0 Å². The SMILES string of the molecule is COC(=O)C(Br)C(Br)C(Cl)C=CCCl. The molecule has 0 aromatic rings. The summed E-state index contributed by atoms with van der Waals surface area (Å²) in [7, 11) is 1.33. The fraction of sp³-hybridized carbons (Fsp3) is 0.625. The Labute approximate surface area is 110 Å². The highest BCUT2D eigenvalue weighted by Crippen LogP contribution is 2.23. The number of allylic oxidation sites excluding steroid dienone is 2. The predicted octanol–water partition coefficient (Wildman–Crippen LogP) is 3.09. The van der Waals surface area contributed by atoms with Crippen molar-refractivity contribution < 1.29 is 9.53 Å². The van der Waals surface area contributed by atoms with Crippen LogP contribution in [0.25, 0.3) is 0 Å². The summed E-state index contributed by atoms with van der Waals surface area (Å²) >= 11 is 17.9. The van der Waals surface area contributed by atoms with Crippen LogP contribution in [0.5, 0.6) is 0 Å². The van der Waals surface area contributed by atoms with E-state index in [1.54, 1.807) is 12.2 Å². The van der Waals surface area contributed by atoms with Crippen LogP contribution in [0.4, 0.5) is 0 Å². The van der Waals surface area contributed by atoms with Gasteiger partial charge in [0.05, 0.1) is 17.3 Å². The molecule has 0 aromatic heterocycles. The molecule has 0 amide bonds. The minimum atomic E-state index is -0.477. The molecule has 0 radical (unpaired) electrons. The Morgan fingerprint density at radius 3 is 2.57 bits per heavy atom. The number of rotatable bonds is 5. The second kappa shape index (κ2) is 7.97. The molecule has 0 saturated heterocycles. The standard InChI is InChI=1S/C8H10Br2Cl2O2/c1-14-8(13)7(10)6(9)5(12)3-2-4-11/h2-3,5-7H,4H2,1H3. The van der Waals surface area contributed by atoms with Gasteiger partial charge in [-0.2, -0.15) is 0 Å². The molecule has 0 saturated carbocycles. The molecule has 2 nitrogen and oxygen atoms in total. The Bertz CT molecular complexity index is 212. The van der Waals surface area contributed by atoms with E-state index in [2.05, 4.69) is 36.6 Å². The van der Waals surface area contributed by atoms with E-state index in [1.165, 1.54) is 7.11 Å². The minimum Gasteiger partial charge on any atom is -0.468 e. The average molecular weight is 369 g/mol. The summed E-state index contributed by atoms with van der Waals surface area (Å²) in [5.74, 6) is 0.0329. The second-order valence-electron chi connectivity index (χ2n) is 2.40. The molecule has 0 heterocycles. The zero-order valence-corrected chi connectivity index (χ0v) is 12.1. The quantitative estimate of drug-likeness (QED) is 0.423. The van der Waals surface area contributed by atoms with Crippen LogP contribution in [-0.4, -0.2) is 34.0 Å². The third-order valence-corrected chi connectivity index (χ3v) is 5.07. The highest BCUT2D eigenvalue weighted by molar-refractivity contribution is 9.12. The van der Waals surface area contributed by atoms with Crippen molar-refractivity contribution in [2.75, 3.05) is 13.0 Å². The maximum Gasteiger partial charge on any atom is 0.320 e. The summed E-state index contributed by atoms with van der Waals surface area (Å²) in [6, 6.07) is 0. The largest absolute Gasteiger partial charge is 0.468 e. The molecule has 0 aromatic carbocycles. The van der Waals surface area contributed by atoms with Gasteiger partial charge in [-0.1, -0.05) is 44.0 Å². The molecule has 3 unspecified atom stereocenters. The van der Waals surface area contributed by atoms with Crippen molar-refractivity contribution in [1.29, 1.82) is 0 Å². The van der Waals surface area contributed by atoms with Crippen molar-refractivity contribution in [3.05, 3.63) is 12.2 Å². The molecule has 0 spiro atoms. The van der Waals surface area contributed by atoms with E-state index in [0.717, 1.165) is 0 Å². The minimum absolute atomic E-state index is 0.240. The van der Waals surface area contributed by atoms with Gasteiger partial charge in [-0.15, -0.1) is 23.2 Å². The van der Waals surface area contributed by atoms with Crippen molar-refractivity contribution in [2.24, 2.45) is 0 Å². The first-order chi connectivity index (χ1) is 6.54. The Balaban J connectivity index is 4.23. The number of carbonyl (C=O) groups excluding carboxylic acids is 1. The van der Waals surface area contributed by atoms with Crippen molar-refractivity contribution in [2.45, 2.75) is 15.0 Å². The first-order valence-electron chi connectivity index (χ1n) is 3.77. The lowest BCUT2D eigenvalue weighted by Crippen LogP contribution is -2.31. The van der Waals surface area contributed by atoms with Crippen molar-refractivity contribution in [1.82, 2.24) is 0 Å². The van der Waals surface area contributed by atoms with Crippen LogP contribution in [0.15, 0.2) is 12.2 Å². The highest BCUT2D eigenvalue weighted by atomic mass is 79.9. The molecular formula is C8H10Br2Cl2O2. The summed E-state index contributed by atoms with van der Waals surface area (Å²) in [4.78, 5) is 10.4. The second-order valence-corrected chi connectivity index (χ2v) is 5.25. The van der Waals surface area contributed by atoms with Gasteiger partial charge in [0.15, 0.2) is 0 Å². The zero-order valence-electron chi connectivity index (χ0n) is 7.42. The van der Waals surface area contributed by atoms with Gasteiger partial charge in [-0.3, -0.25) is 4.79 Å². The molecule has 3 atom stereocenters. The summed E-state index contributed by atoms with van der Waals surface area (Å²) in [5.41, 5.74) is 0. The summed E-state index contributed by atoms with van der Waals surface area (Å²) in [6.45, 7) is 0. The molecule has 0 rings (SSSR count). The fourth-order valence-corrected chi connectivity index (χ4v) is 2.13. The van der Waals surface area contributed by atoms with E-state index < -0.39 is 4.83 Å². The first-order valence-corrected chi connectivity index (χ1v) is 6.57. The molecule has 0 bridgehead atoms. The van der Waals surface area contributed by atoms with Crippen molar-refractivity contribution in [3.63, 3.8) is 0 Å². The van der Waals surface area contributed by atoms with Gasteiger partial charge >= 0.3 is 5.97 Å². The number of esters is 1. The van der Waals surface area contributed by atoms with Crippen LogP contribution in [0.1, 0.15) is 0 Å². The normalized spacial score (nSPS) is 17.8. The zero-order chi connectivity index (χ0) is 11.1. The molecule has 0 fully saturated rings. The lowest BCUT2D eigenvalue weighted by molar-refractivity contribution is -0.139. The average Bonchev–Trinajstić information content (AvgIpc) is 2.22. The van der Waals surface area contributed by atoms with Gasteiger partial charge in [0.25, 0.3) is 0 Å². The van der Waals surface area contributed by atoms with Crippen molar-refractivity contribution in [3.8, 4) is 0 Å². The van der Waals surface area contributed by atoms with Gasteiger partial charge < -0.3 is 4.74 Å². The van der Waals surface area contributed by atoms with E-state index in [9.17, 15) is 4.79 Å². The third-order valence-electron chi connectivity index (χ3n) is 1.42. The Morgan fingerprint density at radius 1 is 1.57 bits per heavy atom. The van der Waals surface area contributed by atoms with Crippen LogP contribution in [-0.2, 0) is 9.53 Å². The van der Waals surface area contributed by atoms with E-state index in [0.29, 0.717) is 5.88 Å². The molecule has 0 aliphatic carbocycles. The molecular weight excluding hydrogens is 359 g/mol. The Kier molecular flexibility index (Phi) is 8.39. The Morgan fingerprint density at radius 2 is 2.14 bits per heavy atom. The van der Waals surface area contributed by atoms with E-state index in [-0.39, 0.29) is 16.2 Å². The first kappa shape index (κ1) is 14.8. The number of alkyl halides is 4. The molecule has 14 heavy (non-hydrogen) atoms. The van der Waals surface area contributed by atoms with Crippen LogP contribution < -0.4 is 0 Å². The number of carbonyl (C=O) groups is 1. The van der Waals surface area contributed by atoms with E-state index >= 15 is 0 Å². The summed E-state index contributed by atoms with van der Waals surface area (Å²) < 4.78 is 4.56. The van der Waals surface area contributed by atoms with Gasteiger partial charge in [-0.25, -0.2) is 0 Å². The number of halogens is 4. The van der Waals surface area contributed by atoms with Crippen LogP contribution >= 0.6 is 55.1 Å². The fourth-order valence-electron chi connectivity index (χ4n) is 0.692. The predicted molar refractivity (Wildman–Crippen MR) is 66.9 cm³/mol. The van der Waals surface area contributed by atoms with Crippen LogP contribution in [0.2, 0.25) is 0 Å². The van der Waals surface area contributed by atoms with E-state index in [4.69, 9.17) is 23.2 Å². The maximum atomic E-state index is 11.1. The van der Waals surface area contributed by atoms with Gasteiger partial charge in [0.1, 0.15) is 4.83 Å². The third kappa shape index (κ3) is 5.01. The summed E-state index contributed by atoms with van der Waals surface area (Å²) in [6.07, 6.45) is 3.45. The molecule has 82 valence electrons. The van der Waals surface area contributed by atoms with Gasteiger partial charge in [-0.05, 0) is 0 Å². The lowest BCUT2D eigenvalue weighted by Gasteiger charge is -2.17. The van der Waals surface area contributed by atoms with Gasteiger partial charge in [0.2, 0.25) is 0 Å². The highest BCUT2D eigenvalue weighted by Gasteiger charge is 2.28. The Hall–Kier alpha value is 0.750. The number of hydrogen-bond acceptors (Lipinski definition) is 2. The lowest BCUT2D eigenvalue weighted by atomic mass is 10.2. The summed E-state index contributed by atoms with van der Waals surface area (Å²) in [5, 5.41) is -0.322. The van der Waals surface area contributed by atoms with Gasteiger partial charge in [0, 0.05) is 5.88 Å². The molecule has 6 heteroatoms. The monoisotopic (exact) mass is 366 g/mol. The van der Waals surface area contributed by atoms with Crippen LogP contribution in [0, 0.1) is 0 Å².